The second-order valence-electron chi connectivity index (χ2n) is 6.91. The first-order valence-electron chi connectivity index (χ1n) is 8.91. The molecule has 1 saturated heterocycles. The monoisotopic (exact) mass is 393 g/mol. The van der Waals surface area contributed by atoms with Crippen molar-refractivity contribution < 1.29 is 14.2 Å². The molecular weight excluding hydrogens is 377 g/mol. The highest BCUT2D eigenvalue weighted by Gasteiger charge is 2.39. The van der Waals surface area contributed by atoms with Gasteiger partial charge in [-0.1, -0.05) is 23.4 Å². The molecule has 1 aliphatic rings. The van der Waals surface area contributed by atoms with E-state index in [1.165, 1.54) is 6.07 Å². The van der Waals surface area contributed by atoms with Crippen molar-refractivity contribution in [3.63, 3.8) is 0 Å². The molecule has 0 radical (unpaired) electrons. The molecule has 4 heterocycles. The lowest BCUT2D eigenvalue weighted by atomic mass is 9.97. The molecule has 146 valence electrons. The van der Waals surface area contributed by atoms with Gasteiger partial charge in [0.05, 0.1) is 37.3 Å². The van der Waals surface area contributed by atoms with Gasteiger partial charge < -0.3 is 15.6 Å². The summed E-state index contributed by atoms with van der Waals surface area (Å²) >= 11 is 0. The van der Waals surface area contributed by atoms with Crippen LogP contribution in [0.2, 0.25) is 0 Å². The van der Waals surface area contributed by atoms with Gasteiger partial charge in [-0.05, 0) is 18.2 Å². The zero-order valence-corrected chi connectivity index (χ0v) is 15.2. The van der Waals surface area contributed by atoms with E-state index >= 15 is 0 Å². The average molecular weight is 393 g/mol. The summed E-state index contributed by atoms with van der Waals surface area (Å²) in [6.45, 7) is 0.802. The zero-order chi connectivity index (χ0) is 20.0. The standard InChI is InChI=1S/C19H16FN7O2/c20-13-5-2-4-12-16(13)23-18(21)24-17(12)14-8-27(26-25-14)7-11-3-1-6-15(22-11)19(28)9-29-10-19/h1-6,8,28H,7,9-10H2,(H2,21,23,24). The fraction of sp³-hybridized carbons (Fsp3) is 0.211. The third-order valence-electron chi connectivity index (χ3n) is 4.77. The number of fused-ring (bicyclic) bond motifs is 1. The van der Waals surface area contributed by atoms with Crippen LogP contribution in [0.5, 0.6) is 0 Å². The lowest BCUT2D eigenvalue weighted by Crippen LogP contribution is -2.47. The third-order valence-corrected chi connectivity index (χ3v) is 4.77. The number of ether oxygens (including phenoxy) is 1. The van der Waals surface area contributed by atoms with Crippen LogP contribution in [0.15, 0.2) is 42.6 Å². The Morgan fingerprint density at radius 2 is 1.97 bits per heavy atom. The number of benzene rings is 1. The molecule has 1 aromatic carbocycles. The Balaban J connectivity index is 1.47. The van der Waals surface area contributed by atoms with Crippen LogP contribution in [-0.2, 0) is 16.9 Å². The summed E-state index contributed by atoms with van der Waals surface area (Å²) in [5.41, 5.74) is 6.96. The van der Waals surface area contributed by atoms with Gasteiger partial charge >= 0.3 is 0 Å². The maximum absolute atomic E-state index is 14.1. The Hall–Kier alpha value is -3.50. The number of hydrogen-bond acceptors (Lipinski definition) is 8. The van der Waals surface area contributed by atoms with E-state index in [2.05, 4.69) is 25.3 Å². The summed E-state index contributed by atoms with van der Waals surface area (Å²) in [5, 5.41) is 19.2. The first kappa shape index (κ1) is 17.6. The highest BCUT2D eigenvalue weighted by molar-refractivity contribution is 5.92. The van der Waals surface area contributed by atoms with Crippen molar-refractivity contribution in [2.75, 3.05) is 18.9 Å². The van der Waals surface area contributed by atoms with Gasteiger partial charge in [-0.25, -0.2) is 19.0 Å². The summed E-state index contributed by atoms with van der Waals surface area (Å²) in [4.78, 5) is 12.7. The minimum absolute atomic E-state index is 0.0440. The number of nitrogens with zero attached hydrogens (tertiary/aromatic N) is 6. The van der Waals surface area contributed by atoms with Gasteiger partial charge in [0.25, 0.3) is 0 Å². The molecule has 5 rings (SSSR count). The summed E-state index contributed by atoms with van der Waals surface area (Å²) in [7, 11) is 0. The highest BCUT2D eigenvalue weighted by atomic mass is 19.1. The predicted molar refractivity (Wildman–Crippen MR) is 101 cm³/mol. The van der Waals surface area contributed by atoms with Gasteiger partial charge in [0, 0.05) is 5.39 Å². The molecule has 0 aliphatic carbocycles. The minimum atomic E-state index is -1.04. The Labute approximate surface area is 164 Å². The van der Waals surface area contributed by atoms with E-state index in [1.807, 2.05) is 12.1 Å². The molecule has 10 heteroatoms. The smallest absolute Gasteiger partial charge is 0.221 e. The van der Waals surface area contributed by atoms with Crippen LogP contribution in [0.4, 0.5) is 10.3 Å². The van der Waals surface area contributed by atoms with Crippen LogP contribution in [0.1, 0.15) is 11.4 Å². The van der Waals surface area contributed by atoms with Crippen LogP contribution in [0.25, 0.3) is 22.3 Å². The van der Waals surface area contributed by atoms with Crippen molar-refractivity contribution in [2.24, 2.45) is 0 Å². The number of aliphatic hydroxyl groups is 1. The SMILES string of the molecule is Nc1nc(-c2cn(Cc3cccc(C4(O)COC4)n3)nn2)c2cccc(F)c2n1. The van der Waals surface area contributed by atoms with Gasteiger partial charge in [-0.3, -0.25) is 4.98 Å². The van der Waals surface area contributed by atoms with E-state index in [0.29, 0.717) is 34.7 Å². The summed E-state index contributed by atoms with van der Waals surface area (Å²) < 4.78 is 20.8. The van der Waals surface area contributed by atoms with Crippen LogP contribution in [-0.4, -0.2) is 48.3 Å². The van der Waals surface area contributed by atoms with E-state index in [9.17, 15) is 9.50 Å². The van der Waals surface area contributed by atoms with Crippen molar-refractivity contribution in [1.29, 1.82) is 0 Å². The van der Waals surface area contributed by atoms with Crippen molar-refractivity contribution >= 4 is 16.9 Å². The van der Waals surface area contributed by atoms with E-state index in [0.717, 1.165) is 0 Å². The van der Waals surface area contributed by atoms with Crippen LogP contribution in [0.3, 0.4) is 0 Å². The lowest BCUT2D eigenvalue weighted by Gasteiger charge is -2.35. The Bertz CT molecular complexity index is 1220. The zero-order valence-electron chi connectivity index (χ0n) is 15.2. The third kappa shape index (κ3) is 3.08. The van der Waals surface area contributed by atoms with Crippen LogP contribution < -0.4 is 5.73 Å². The number of halogens is 1. The first-order chi connectivity index (χ1) is 14.0. The Kier molecular flexibility index (Phi) is 3.96. The molecule has 3 aromatic heterocycles. The molecule has 0 unspecified atom stereocenters. The largest absolute Gasteiger partial charge is 0.379 e. The number of hydrogen-bond donors (Lipinski definition) is 2. The van der Waals surface area contributed by atoms with Gasteiger partial charge in [0.1, 0.15) is 22.7 Å². The fourth-order valence-electron chi connectivity index (χ4n) is 3.25. The van der Waals surface area contributed by atoms with Gasteiger partial charge in [-0.15, -0.1) is 5.10 Å². The van der Waals surface area contributed by atoms with Gasteiger partial charge in [-0.2, -0.15) is 0 Å². The molecule has 0 amide bonds. The molecule has 0 bridgehead atoms. The Morgan fingerprint density at radius 3 is 2.76 bits per heavy atom. The maximum Gasteiger partial charge on any atom is 0.221 e. The molecular formula is C19H16FN7O2. The topological polar surface area (TPSA) is 125 Å². The molecule has 0 spiro atoms. The van der Waals surface area contributed by atoms with E-state index in [1.54, 1.807) is 29.1 Å². The minimum Gasteiger partial charge on any atom is -0.379 e. The summed E-state index contributed by atoms with van der Waals surface area (Å²) in [5.74, 6) is -0.526. The second kappa shape index (κ2) is 6.54. The van der Waals surface area contributed by atoms with Crippen molar-refractivity contribution in [1.82, 2.24) is 29.9 Å². The molecule has 29 heavy (non-hydrogen) atoms. The first-order valence-corrected chi connectivity index (χ1v) is 8.91. The van der Waals surface area contributed by atoms with Crippen LogP contribution >= 0.6 is 0 Å². The number of pyridine rings is 1. The van der Waals surface area contributed by atoms with E-state index in [4.69, 9.17) is 10.5 Å². The highest BCUT2D eigenvalue weighted by Crippen LogP contribution is 2.28. The van der Waals surface area contributed by atoms with E-state index < -0.39 is 11.4 Å². The predicted octanol–water partition coefficient (Wildman–Crippen LogP) is 1.27. The number of para-hydroxylation sites is 1. The summed E-state index contributed by atoms with van der Waals surface area (Å²) in [6, 6.07) is 10.0. The number of nitrogen functional groups attached to an aromatic ring is 1. The average Bonchev–Trinajstić information content (AvgIpc) is 3.15. The molecule has 0 atom stereocenters. The van der Waals surface area contributed by atoms with Crippen molar-refractivity contribution in [3.05, 3.63) is 59.8 Å². The molecule has 9 nitrogen and oxygen atoms in total. The Morgan fingerprint density at radius 1 is 1.14 bits per heavy atom. The van der Waals surface area contributed by atoms with E-state index in [-0.39, 0.29) is 24.7 Å². The molecule has 1 aliphatic heterocycles. The quantitative estimate of drug-likeness (QED) is 0.531. The normalized spacial score (nSPS) is 15.4. The van der Waals surface area contributed by atoms with Crippen molar-refractivity contribution in [2.45, 2.75) is 12.1 Å². The van der Waals surface area contributed by atoms with Crippen molar-refractivity contribution in [3.8, 4) is 11.4 Å². The number of anilines is 1. The molecule has 3 N–H and O–H groups in total. The molecule has 0 saturated carbocycles. The van der Waals surface area contributed by atoms with Crippen LogP contribution in [0, 0.1) is 5.82 Å². The molecule has 4 aromatic rings. The number of aromatic nitrogens is 6. The summed E-state index contributed by atoms with van der Waals surface area (Å²) in [6.07, 6.45) is 1.68. The number of nitrogens with two attached hydrogens (primary N) is 1. The number of rotatable bonds is 4. The van der Waals surface area contributed by atoms with Gasteiger partial charge in [0.2, 0.25) is 5.95 Å². The van der Waals surface area contributed by atoms with Gasteiger partial charge in [0.15, 0.2) is 5.60 Å². The molecule has 1 fully saturated rings. The maximum atomic E-state index is 14.1. The second-order valence-corrected chi connectivity index (χ2v) is 6.91. The fourth-order valence-corrected chi connectivity index (χ4v) is 3.25. The lowest BCUT2D eigenvalue weighted by molar-refractivity contribution is -0.186.